The Bertz CT molecular complexity index is 449. The van der Waals surface area contributed by atoms with Crippen molar-refractivity contribution in [3.63, 3.8) is 0 Å². The lowest BCUT2D eigenvalue weighted by Gasteiger charge is -2.32. The zero-order chi connectivity index (χ0) is 14.5. The quantitative estimate of drug-likeness (QED) is 0.445. The average Bonchev–Trinajstić information content (AvgIpc) is 2.35. The Morgan fingerprint density at radius 1 is 1.21 bits per heavy atom. The van der Waals surface area contributed by atoms with Crippen LogP contribution in [0.5, 0.6) is 0 Å². The van der Waals surface area contributed by atoms with Crippen molar-refractivity contribution in [3.8, 4) is 0 Å². The highest BCUT2D eigenvalue weighted by Gasteiger charge is 2.25. The molecule has 1 aromatic carbocycles. The summed E-state index contributed by atoms with van der Waals surface area (Å²) in [6, 6.07) is 10.1. The molecule has 3 nitrogen and oxygen atoms in total. The first kappa shape index (κ1) is 15.6. The van der Waals surface area contributed by atoms with Crippen LogP contribution in [0.2, 0.25) is 19.6 Å². The molecule has 0 bridgehead atoms. The summed E-state index contributed by atoms with van der Waals surface area (Å²) in [4.78, 5) is 11.9. The maximum absolute atomic E-state index is 11.9. The van der Waals surface area contributed by atoms with Crippen LogP contribution in [0.15, 0.2) is 35.4 Å². The Hall–Kier alpha value is -1.42. The number of rotatable bonds is 6. The van der Waals surface area contributed by atoms with Crippen molar-refractivity contribution in [1.29, 1.82) is 0 Å². The van der Waals surface area contributed by atoms with Crippen LogP contribution in [0.3, 0.4) is 0 Å². The molecule has 0 unspecified atom stereocenters. The van der Waals surface area contributed by atoms with E-state index in [9.17, 15) is 4.79 Å². The molecule has 0 atom stereocenters. The molecular formula is C15H24N2OSi. The number of carbonyl (C=O) groups excluding carboxylic acids is 1. The highest BCUT2D eigenvalue weighted by molar-refractivity contribution is 6.79. The lowest BCUT2D eigenvalue weighted by molar-refractivity contribution is -0.113. The van der Waals surface area contributed by atoms with E-state index in [1.165, 1.54) is 0 Å². The fraction of sp³-hybridized carbons (Fsp3) is 0.467. The SMILES string of the molecule is CCCC(=O)C(C)=NN(c1ccccc1)[Si](C)(C)C. The number of hydrazone groups is 1. The molecule has 0 aliphatic rings. The average molecular weight is 276 g/mol. The van der Waals surface area contributed by atoms with E-state index in [1.54, 1.807) is 0 Å². The second kappa shape index (κ2) is 6.66. The number of benzene rings is 1. The van der Waals surface area contributed by atoms with Gasteiger partial charge in [0, 0.05) is 12.1 Å². The summed E-state index contributed by atoms with van der Waals surface area (Å²) in [7, 11) is -1.67. The predicted molar refractivity (Wildman–Crippen MR) is 85.3 cm³/mol. The van der Waals surface area contributed by atoms with Gasteiger partial charge in [-0.3, -0.25) is 9.47 Å². The summed E-state index contributed by atoms with van der Waals surface area (Å²) in [5.74, 6) is 0.140. The normalized spacial score (nSPS) is 12.4. The van der Waals surface area contributed by atoms with Gasteiger partial charge in [-0.1, -0.05) is 25.1 Å². The van der Waals surface area contributed by atoms with Crippen molar-refractivity contribution in [3.05, 3.63) is 30.3 Å². The third-order valence-corrected chi connectivity index (χ3v) is 4.40. The number of anilines is 1. The largest absolute Gasteiger partial charge is 0.295 e. The van der Waals surface area contributed by atoms with Gasteiger partial charge in [0.2, 0.25) is 0 Å². The molecule has 0 radical (unpaired) electrons. The smallest absolute Gasteiger partial charge is 0.178 e. The van der Waals surface area contributed by atoms with Crippen molar-refractivity contribution in [2.45, 2.75) is 46.3 Å². The Labute approximate surface area is 117 Å². The summed E-state index contributed by atoms with van der Waals surface area (Å²) in [5.41, 5.74) is 1.67. The van der Waals surface area contributed by atoms with Gasteiger partial charge >= 0.3 is 0 Å². The van der Waals surface area contributed by atoms with Gasteiger partial charge in [-0.25, -0.2) is 0 Å². The fourth-order valence-corrected chi connectivity index (χ4v) is 3.15. The maximum atomic E-state index is 11.9. The van der Waals surface area contributed by atoms with Crippen LogP contribution < -0.4 is 4.67 Å². The summed E-state index contributed by atoms with van der Waals surface area (Å²) in [6.07, 6.45) is 1.44. The molecule has 0 N–H and O–H groups in total. The highest BCUT2D eigenvalue weighted by atomic mass is 28.3. The maximum Gasteiger partial charge on any atom is 0.178 e. The van der Waals surface area contributed by atoms with Gasteiger partial charge in [-0.05, 0) is 45.1 Å². The van der Waals surface area contributed by atoms with Crippen LogP contribution in [0, 0.1) is 0 Å². The van der Waals surface area contributed by atoms with E-state index in [0.29, 0.717) is 12.1 Å². The minimum absolute atomic E-state index is 0.140. The molecule has 0 aliphatic heterocycles. The standard InChI is InChI=1S/C15H24N2OSi/c1-6-10-15(18)13(2)16-17(19(3,4)5)14-11-8-7-9-12-14/h7-9,11-12H,6,10H2,1-5H3. The van der Waals surface area contributed by atoms with Gasteiger partial charge in [0.25, 0.3) is 0 Å². The minimum atomic E-state index is -1.67. The third kappa shape index (κ3) is 4.63. The zero-order valence-corrected chi connectivity index (χ0v) is 13.6. The first-order chi connectivity index (χ1) is 8.86. The second-order valence-corrected chi connectivity index (χ2v) is 10.4. The molecule has 0 fully saturated rings. The number of hydrogen-bond donors (Lipinski definition) is 0. The minimum Gasteiger partial charge on any atom is -0.295 e. The number of ketones is 1. The zero-order valence-electron chi connectivity index (χ0n) is 12.6. The molecular weight excluding hydrogens is 252 g/mol. The molecule has 0 spiro atoms. The third-order valence-electron chi connectivity index (χ3n) is 2.77. The fourth-order valence-electron chi connectivity index (χ4n) is 1.78. The molecule has 1 rings (SSSR count). The van der Waals surface area contributed by atoms with E-state index in [-0.39, 0.29) is 5.78 Å². The molecule has 0 saturated carbocycles. The van der Waals surface area contributed by atoms with Gasteiger partial charge in [0.05, 0.1) is 5.71 Å². The molecule has 0 saturated heterocycles. The first-order valence-electron chi connectivity index (χ1n) is 6.80. The van der Waals surface area contributed by atoms with Gasteiger partial charge in [-0.15, -0.1) is 0 Å². The van der Waals surface area contributed by atoms with Crippen LogP contribution in [0.1, 0.15) is 26.7 Å². The molecule has 0 aliphatic carbocycles. The number of hydrogen-bond acceptors (Lipinski definition) is 3. The second-order valence-electron chi connectivity index (χ2n) is 5.68. The molecule has 0 amide bonds. The van der Waals surface area contributed by atoms with Crippen molar-refractivity contribution in [1.82, 2.24) is 0 Å². The van der Waals surface area contributed by atoms with Gasteiger partial charge in [-0.2, -0.15) is 5.10 Å². The number of para-hydroxylation sites is 1. The molecule has 0 aromatic heterocycles. The Morgan fingerprint density at radius 3 is 2.26 bits per heavy atom. The van der Waals surface area contributed by atoms with E-state index >= 15 is 0 Å². The summed E-state index contributed by atoms with van der Waals surface area (Å²) in [6.45, 7) is 10.5. The number of nitrogens with zero attached hydrogens (tertiary/aromatic N) is 2. The topological polar surface area (TPSA) is 32.7 Å². The van der Waals surface area contributed by atoms with Gasteiger partial charge in [0.1, 0.15) is 0 Å². The van der Waals surface area contributed by atoms with E-state index in [2.05, 4.69) is 29.4 Å². The molecule has 0 heterocycles. The monoisotopic (exact) mass is 276 g/mol. The highest BCUT2D eigenvalue weighted by Crippen LogP contribution is 2.21. The first-order valence-corrected chi connectivity index (χ1v) is 10.2. The van der Waals surface area contributed by atoms with E-state index < -0.39 is 8.24 Å². The Balaban J connectivity index is 3.07. The van der Waals surface area contributed by atoms with Crippen LogP contribution >= 0.6 is 0 Å². The number of Topliss-reactive ketones (excluding diaryl/α,β-unsaturated/α-hetero) is 1. The van der Waals surface area contributed by atoms with Crippen molar-refractivity contribution in [2.75, 3.05) is 4.67 Å². The van der Waals surface area contributed by atoms with E-state index in [0.717, 1.165) is 12.1 Å². The molecule has 19 heavy (non-hydrogen) atoms. The summed E-state index contributed by atoms with van der Waals surface area (Å²) >= 11 is 0. The van der Waals surface area contributed by atoms with Crippen molar-refractivity contribution in [2.24, 2.45) is 5.10 Å². The van der Waals surface area contributed by atoms with Gasteiger partial charge < -0.3 is 0 Å². The van der Waals surface area contributed by atoms with Crippen LogP contribution in [-0.4, -0.2) is 19.7 Å². The summed E-state index contributed by atoms with van der Waals surface area (Å²) < 4.78 is 2.05. The van der Waals surface area contributed by atoms with Crippen molar-refractivity contribution < 1.29 is 4.79 Å². The Kier molecular flexibility index (Phi) is 5.48. The predicted octanol–water partition coefficient (Wildman–Crippen LogP) is 4.07. The lowest BCUT2D eigenvalue weighted by Crippen LogP contribution is -2.43. The van der Waals surface area contributed by atoms with E-state index in [1.807, 2.05) is 44.2 Å². The van der Waals surface area contributed by atoms with Gasteiger partial charge in [0.15, 0.2) is 14.0 Å². The van der Waals surface area contributed by atoms with Crippen LogP contribution in [-0.2, 0) is 4.79 Å². The Morgan fingerprint density at radius 2 is 1.79 bits per heavy atom. The van der Waals surface area contributed by atoms with Crippen molar-refractivity contribution >= 4 is 25.4 Å². The summed E-state index contributed by atoms with van der Waals surface area (Å²) in [5, 5.41) is 4.60. The molecule has 1 aromatic rings. The van der Waals surface area contributed by atoms with Crippen LogP contribution in [0.25, 0.3) is 0 Å². The van der Waals surface area contributed by atoms with Crippen LogP contribution in [0.4, 0.5) is 5.69 Å². The molecule has 104 valence electrons. The molecule has 4 heteroatoms. The lowest BCUT2D eigenvalue weighted by atomic mass is 10.2. The number of carbonyl (C=O) groups is 1. The van der Waals surface area contributed by atoms with E-state index in [4.69, 9.17) is 0 Å².